The normalized spacial score (nSPS) is 13.2. The highest BCUT2D eigenvalue weighted by molar-refractivity contribution is 7.47. The highest BCUT2D eigenvalue weighted by Crippen LogP contribution is 2.43. The smallest absolute Gasteiger partial charge is 0.462 e. The summed E-state index contributed by atoms with van der Waals surface area (Å²) in [7, 11) is -4.38. The third kappa shape index (κ3) is 53.8. The van der Waals surface area contributed by atoms with Gasteiger partial charge in [-0.05, 0) is 44.9 Å². The predicted molar refractivity (Wildman–Crippen MR) is 289 cm³/mol. The molecule has 0 aromatic heterocycles. The molecule has 0 rings (SSSR count). The van der Waals surface area contributed by atoms with E-state index in [2.05, 4.69) is 38.2 Å². The van der Waals surface area contributed by atoms with Crippen LogP contribution in [0.1, 0.15) is 303 Å². The van der Waals surface area contributed by atoms with Crippen LogP contribution in [-0.2, 0) is 32.7 Å². The van der Waals surface area contributed by atoms with Gasteiger partial charge >= 0.3 is 19.8 Å². The lowest BCUT2D eigenvalue weighted by atomic mass is 10.0. The Labute approximate surface area is 421 Å². The van der Waals surface area contributed by atoms with Crippen LogP contribution >= 0.6 is 7.82 Å². The van der Waals surface area contributed by atoms with Crippen molar-refractivity contribution in [3.05, 3.63) is 24.3 Å². The molecule has 0 spiro atoms. The number of hydrogen-bond acceptors (Lipinski definition) is 8. The molecule has 0 saturated carbocycles. The molecule has 0 aliphatic carbocycles. The van der Waals surface area contributed by atoms with Crippen LogP contribution in [0.15, 0.2) is 24.3 Å². The average molecular weight is 983 g/mol. The van der Waals surface area contributed by atoms with E-state index in [-0.39, 0.29) is 38.6 Å². The van der Waals surface area contributed by atoms with Crippen LogP contribution in [0.5, 0.6) is 0 Å². The van der Waals surface area contributed by atoms with Gasteiger partial charge in [-0.3, -0.25) is 18.6 Å². The largest absolute Gasteiger partial charge is 0.472 e. The molecular formula is C58H112NO8P. The monoisotopic (exact) mass is 982 g/mol. The number of phosphoric acid groups is 1. The van der Waals surface area contributed by atoms with Crippen LogP contribution in [0.4, 0.5) is 0 Å². The SMILES string of the molecule is CCCCCCC/C=C\C/C=C\CCCCCCCCCCCCCCCCCCCC(=O)OC(COC(=O)CCCCCCCCCCCCCCCCCCCC)COP(=O)(O)OCCN. The summed E-state index contributed by atoms with van der Waals surface area (Å²) in [6, 6.07) is 0. The Bertz CT molecular complexity index is 1170. The standard InChI is InChI=1S/C58H112NO8P/c1-3-5-7-9-11-13-15-17-19-21-23-24-25-26-27-28-29-30-31-32-33-35-37-39-41-43-45-47-49-51-58(61)67-56(55-66-68(62,63)65-53-52-59)54-64-57(60)50-48-46-44-42-40-38-36-34-22-20-18-16-14-12-10-8-6-4-2/h15,17,21,23,56H,3-14,16,18-20,22,24-55,59H2,1-2H3,(H,62,63)/b17-15-,23-21-. The van der Waals surface area contributed by atoms with E-state index < -0.39 is 26.5 Å². The second-order valence-corrected chi connectivity index (χ2v) is 21.3. The van der Waals surface area contributed by atoms with Crippen LogP contribution in [0.3, 0.4) is 0 Å². The number of rotatable bonds is 56. The Morgan fingerprint density at radius 2 is 0.765 bits per heavy atom. The zero-order valence-corrected chi connectivity index (χ0v) is 45.8. The number of unbranched alkanes of at least 4 members (excludes halogenated alkanes) is 39. The molecule has 9 nitrogen and oxygen atoms in total. The summed E-state index contributed by atoms with van der Waals surface area (Å²) in [4.78, 5) is 35.2. The maximum absolute atomic E-state index is 12.7. The fraction of sp³-hybridized carbons (Fsp3) is 0.897. The van der Waals surface area contributed by atoms with E-state index >= 15 is 0 Å². The van der Waals surface area contributed by atoms with Crippen molar-refractivity contribution in [3.63, 3.8) is 0 Å². The van der Waals surface area contributed by atoms with E-state index in [9.17, 15) is 19.0 Å². The lowest BCUT2D eigenvalue weighted by Crippen LogP contribution is -2.29. The first-order valence-corrected chi connectivity index (χ1v) is 30.8. The maximum atomic E-state index is 12.7. The Morgan fingerprint density at radius 1 is 0.441 bits per heavy atom. The van der Waals surface area contributed by atoms with Crippen LogP contribution in [-0.4, -0.2) is 49.3 Å². The molecule has 402 valence electrons. The molecule has 2 atom stereocenters. The van der Waals surface area contributed by atoms with Crippen LogP contribution in [0.25, 0.3) is 0 Å². The number of carbonyl (C=O) groups is 2. The molecule has 3 N–H and O–H groups in total. The second kappa shape index (κ2) is 54.8. The lowest BCUT2D eigenvalue weighted by Gasteiger charge is -2.19. The molecule has 0 aromatic carbocycles. The van der Waals surface area contributed by atoms with Gasteiger partial charge in [0, 0.05) is 19.4 Å². The highest BCUT2D eigenvalue weighted by Gasteiger charge is 2.26. The van der Waals surface area contributed by atoms with Gasteiger partial charge in [-0.2, -0.15) is 0 Å². The number of ether oxygens (including phenoxy) is 2. The van der Waals surface area contributed by atoms with Crippen molar-refractivity contribution in [2.75, 3.05) is 26.4 Å². The summed E-state index contributed by atoms with van der Waals surface area (Å²) < 4.78 is 33.0. The van der Waals surface area contributed by atoms with Gasteiger partial charge in [0.15, 0.2) is 6.10 Å². The van der Waals surface area contributed by atoms with Crippen molar-refractivity contribution >= 4 is 19.8 Å². The maximum Gasteiger partial charge on any atom is 0.472 e. The molecule has 68 heavy (non-hydrogen) atoms. The Kier molecular flexibility index (Phi) is 53.6. The van der Waals surface area contributed by atoms with Gasteiger partial charge < -0.3 is 20.1 Å². The molecule has 0 fully saturated rings. The predicted octanol–water partition coefficient (Wildman–Crippen LogP) is 18.2. The zero-order chi connectivity index (χ0) is 49.5. The Morgan fingerprint density at radius 3 is 1.12 bits per heavy atom. The summed E-state index contributed by atoms with van der Waals surface area (Å²) >= 11 is 0. The quantitative estimate of drug-likeness (QED) is 0.0264. The van der Waals surface area contributed by atoms with E-state index in [0.717, 1.165) is 38.5 Å². The van der Waals surface area contributed by atoms with E-state index in [1.807, 2.05) is 0 Å². The van der Waals surface area contributed by atoms with Gasteiger partial charge in [-0.15, -0.1) is 0 Å². The molecule has 0 amide bonds. The molecule has 0 radical (unpaired) electrons. The summed E-state index contributed by atoms with van der Waals surface area (Å²) in [5, 5.41) is 0. The van der Waals surface area contributed by atoms with Gasteiger partial charge in [0.1, 0.15) is 6.61 Å². The van der Waals surface area contributed by atoms with Gasteiger partial charge in [-0.1, -0.05) is 269 Å². The first-order valence-electron chi connectivity index (χ1n) is 29.3. The summed E-state index contributed by atoms with van der Waals surface area (Å²) in [5.74, 6) is -0.808. The summed E-state index contributed by atoms with van der Waals surface area (Å²) in [5.41, 5.74) is 5.38. The number of phosphoric ester groups is 1. The number of esters is 2. The molecule has 2 unspecified atom stereocenters. The topological polar surface area (TPSA) is 134 Å². The summed E-state index contributed by atoms with van der Waals surface area (Å²) in [6.45, 7) is 3.79. The molecule has 0 aliphatic heterocycles. The summed E-state index contributed by atoms with van der Waals surface area (Å²) in [6.07, 6.45) is 63.8. The molecule has 10 heteroatoms. The van der Waals surface area contributed by atoms with Gasteiger partial charge in [-0.25, -0.2) is 4.57 Å². The minimum absolute atomic E-state index is 0.0565. The number of hydrogen-bond donors (Lipinski definition) is 2. The van der Waals surface area contributed by atoms with Crippen molar-refractivity contribution in [1.29, 1.82) is 0 Å². The van der Waals surface area contributed by atoms with Crippen LogP contribution < -0.4 is 5.73 Å². The third-order valence-corrected chi connectivity index (χ3v) is 14.1. The van der Waals surface area contributed by atoms with Crippen molar-refractivity contribution in [3.8, 4) is 0 Å². The highest BCUT2D eigenvalue weighted by atomic mass is 31.2. The molecule has 0 aliphatic rings. The number of carbonyl (C=O) groups excluding carboxylic acids is 2. The Balaban J connectivity index is 3.90. The lowest BCUT2D eigenvalue weighted by molar-refractivity contribution is -0.161. The molecule has 0 saturated heterocycles. The van der Waals surface area contributed by atoms with Crippen LogP contribution in [0, 0.1) is 0 Å². The van der Waals surface area contributed by atoms with E-state index in [1.54, 1.807) is 0 Å². The molecule has 0 heterocycles. The minimum atomic E-state index is -4.38. The van der Waals surface area contributed by atoms with Crippen molar-refractivity contribution < 1.29 is 37.6 Å². The molecule has 0 bridgehead atoms. The zero-order valence-electron chi connectivity index (χ0n) is 44.9. The van der Waals surface area contributed by atoms with Crippen molar-refractivity contribution in [1.82, 2.24) is 0 Å². The van der Waals surface area contributed by atoms with Gasteiger partial charge in [0.05, 0.1) is 13.2 Å². The first kappa shape index (κ1) is 66.5. The third-order valence-electron chi connectivity index (χ3n) is 13.1. The van der Waals surface area contributed by atoms with Gasteiger partial charge in [0.2, 0.25) is 0 Å². The molecular weight excluding hydrogens is 870 g/mol. The minimum Gasteiger partial charge on any atom is -0.462 e. The first-order chi connectivity index (χ1) is 33.3. The average Bonchev–Trinajstić information content (AvgIpc) is 3.33. The van der Waals surface area contributed by atoms with E-state index in [1.165, 1.54) is 231 Å². The van der Waals surface area contributed by atoms with Gasteiger partial charge in [0.25, 0.3) is 0 Å². The molecule has 0 aromatic rings. The second-order valence-electron chi connectivity index (χ2n) is 19.9. The fourth-order valence-electron chi connectivity index (χ4n) is 8.73. The fourth-order valence-corrected chi connectivity index (χ4v) is 9.49. The van der Waals surface area contributed by atoms with E-state index in [0.29, 0.717) is 6.42 Å². The Hall–Kier alpha value is -1.51. The van der Waals surface area contributed by atoms with Crippen molar-refractivity contribution in [2.45, 2.75) is 309 Å². The van der Waals surface area contributed by atoms with Crippen LogP contribution in [0.2, 0.25) is 0 Å². The van der Waals surface area contributed by atoms with Crippen molar-refractivity contribution in [2.24, 2.45) is 5.73 Å². The number of allylic oxidation sites excluding steroid dienone is 4. The number of nitrogens with two attached hydrogens (primary N) is 1. The van der Waals surface area contributed by atoms with E-state index in [4.69, 9.17) is 24.3 Å².